The normalized spacial score (nSPS) is 10.4. The largest absolute Gasteiger partial charge is 0.393 e. The van der Waals surface area contributed by atoms with Gasteiger partial charge in [0.2, 0.25) is 0 Å². The van der Waals surface area contributed by atoms with E-state index in [1.807, 2.05) is 18.2 Å². The van der Waals surface area contributed by atoms with Gasteiger partial charge in [-0.15, -0.1) is 0 Å². The monoisotopic (exact) mass is 288 g/mol. The highest BCUT2D eigenvalue weighted by Gasteiger charge is 2.11. The fraction of sp³-hybridized carbons (Fsp3) is 0.200. The minimum Gasteiger partial charge on any atom is -0.393 e. The fourth-order valence-corrected chi connectivity index (χ4v) is 2.95. The summed E-state index contributed by atoms with van der Waals surface area (Å²) in [6, 6.07) is 13.2. The molecule has 2 aromatic carbocycles. The molecule has 0 saturated carbocycles. The smallest absolute Gasteiger partial charge is 0.292 e. The molecule has 2 N–H and O–H groups in total. The number of nitrogen functional groups attached to an aromatic ring is 1. The summed E-state index contributed by atoms with van der Waals surface area (Å²) < 4.78 is 0. The standard InChI is InChI=1S/C15H16N2O2S/c1-11-4-2-3-5-13(11)10-20-9-12-6-7-14(16)15(8-12)17(18)19/h2-8H,9-10,16H2,1H3. The molecule has 4 nitrogen and oxygen atoms in total. The lowest BCUT2D eigenvalue weighted by molar-refractivity contribution is -0.383. The summed E-state index contributed by atoms with van der Waals surface area (Å²) in [5.74, 6) is 1.63. The Morgan fingerprint density at radius 2 is 1.95 bits per heavy atom. The van der Waals surface area contributed by atoms with Gasteiger partial charge in [-0.1, -0.05) is 30.3 Å². The molecule has 0 unspecified atom stereocenters. The van der Waals surface area contributed by atoms with Crippen molar-refractivity contribution in [3.05, 3.63) is 69.3 Å². The predicted molar refractivity (Wildman–Crippen MR) is 83.7 cm³/mol. The molecule has 0 bridgehead atoms. The first-order valence-corrected chi connectivity index (χ1v) is 7.38. The molecule has 0 radical (unpaired) electrons. The summed E-state index contributed by atoms with van der Waals surface area (Å²) in [5, 5.41) is 10.8. The van der Waals surface area contributed by atoms with E-state index in [4.69, 9.17) is 5.73 Å². The number of hydrogen-bond donors (Lipinski definition) is 1. The number of nitrogens with two attached hydrogens (primary N) is 1. The van der Waals surface area contributed by atoms with E-state index in [1.165, 1.54) is 11.1 Å². The van der Waals surface area contributed by atoms with Gasteiger partial charge in [0.25, 0.3) is 5.69 Å². The molecule has 0 heterocycles. The number of anilines is 1. The highest BCUT2D eigenvalue weighted by atomic mass is 32.2. The minimum atomic E-state index is -0.440. The van der Waals surface area contributed by atoms with Crippen molar-refractivity contribution in [3.63, 3.8) is 0 Å². The zero-order valence-corrected chi connectivity index (χ0v) is 12.0. The molecule has 5 heteroatoms. The number of nitro groups is 1. The number of rotatable bonds is 5. The lowest BCUT2D eigenvalue weighted by Crippen LogP contribution is -1.96. The van der Waals surface area contributed by atoms with Crippen LogP contribution in [0.3, 0.4) is 0 Å². The van der Waals surface area contributed by atoms with Crippen LogP contribution in [0, 0.1) is 17.0 Å². The van der Waals surface area contributed by atoms with E-state index in [-0.39, 0.29) is 11.4 Å². The van der Waals surface area contributed by atoms with Gasteiger partial charge in [0.1, 0.15) is 5.69 Å². The second-order valence-electron chi connectivity index (χ2n) is 4.57. The third-order valence-electron chi connectivity index (χ3n) is 3.08. The summed E-state index contributed by atoms with van der Waals surface area (Å²) in [4.78, 5) is 10.4. The van der Waals surface area contributed by atoms with Crippen LogP contribution in [0.5, 0.6) is 0 Å². The van der Waals surface area contributed by atoms with E-state index in [0.717, 1.165) is 17.1 Å². The number of nitrogens with zero attached hydrogens (tertiary/aromatic N) is 1. The van der Waals surface area contributed by atoms with Gasteiger partial charge in [0, 0.05) is 17.6 Å². The highest BCUT2D eigenvalue weighted by molar-refractivity contribution is 7.97. The molecule has 20 heavy (non-hydrogen) atoms. The number of benzene rings is 2. The zero-order valence-electron chi connectivity index (χ0n) is 11.2. The molecule has 0 saturated heterocycles. The molecular weight excluding hydrogens is 272 g/mol. The Hall–Kier alpha value is -2.01. The Kier molecular flexibility index (Phi) is 4.63. The van der Waals surface area contributed by atoms with Crippen LogP contribution in [-0.2, 0) is 11.5 Å². The average molecular weight is 288 g/mol. The molecule has 104 valence electrons. The zero-order chi connectivity index (χ0) is 14.5. The van der Waals surface area contributed by atoms with Gasteiger partial charge in [-0.05, 0) is 29.7 Å². The first kappa shape index (κ1) is 14.4. The fourth-order valence-electron chi connectivity index (χ4n) is 1.89. The predicted octanol–water partition coefficient (Wildman–Crippen LogP) is 3.92. The molecule has 0 aliphatic rings. The van der Waals surface area contributed by atoms with Gasteiger partial charge >= 0.3 is 0 Å². The Labute approximate surface area is 122 Å². The highest BCUT2D eigenvalue weighted by Crippen LogP contribution is 2.26. The van der Waals surface area contributed by atoms with E-state index >= 15 is 0 Å². The molecule has 2 aromatic rings. The molecule has 0 fully saturated rings. The van der Waals surface area contributed by atoms with E-state index in [1.54, 1.807) is 23.9 Å². The average Bonchev–Trinajstić information content (AvgIpc) is 2.42. The van der Waals surface area contributed by atoms with Crippen LogP contribution in [0.4, 0.5) is 11.4 Å². The molecule has 0 amide bonds. The van der Waals surface area contributed by atoms with Gasteiger partial charge in [0.15, 0.2) is 0 Å². The van der Waals surface area contributed by atoms with Gasteiger partial charge in [-0.3, -0.25) is 10.1 Å². The topological polar surface area (TPSA) is 69.2 Å². The van der Waals surface area contributed by atoms with Crippen molar-refractivity contribution in [2.45, 2.75) is 18.4 Å². The van der Waals surface area contributed by atoms with E-state index < -0.39 is 4.92 Å². The van der Waals surface area contributed by atoms with Crippen LogP contribution in [0.2, 0.25) is 0 Å². The van der Waals surface area contributed by atoms with Crippen molar-refractivity contribution in [1.29, 1.82) is 0 Å². The molecule has 2 rings (SSSR count). The van der Waals surface area contributed by atoms with Gasteiger partial charge in [-0.2, -0.15) is 11.8 Å². The van der Waals surface area contributed by atoms with Gasteiger partial charge in [-0.25, -0.2) is 0 Å². The van der Waals surface area contributed by atoms with Crippen molar-refractivity contribution in [2.75, 3.05) is 5.73 Å². The Balaban J connectivity index is 2.00. The molecular formula is C15H16N2O2S. The summed E-state index contributed by atoms with van der Waals surface area (Å²) in [6.45, 7) is 2.09. The number of nitro benzene ring substituents is 1. The van der Waals surface area contributed by atoms with Crippen LogP contribution in [0.25, 0.3) is 0 Å². The van der Waals surface area contributed by atoms with Crippen molar-refractivity contribution >= 4 is 23.1 Å². The quantitative estimate of drug-likeness (QED) is 0.514. The second kappa shape index (κ2) is 6.43. The number of aryl methyl sites for hydroxylation is 1. The Bertz CT molecular complexity index is 629. The maximum Gasteiger partial charge on any atom is 0.292 e. The van der Waals surface area contributed by atoms with Crippen LogP contribution in [0.1, 0.15) is 16.7 Å². The second-order valence-corrected chi connectivity index (χ2v) is 5.56. The summed E-state index contributed by atoms with van der Waals surface area (Å²) >= 11 is 1.74. The Morgan fingerprint density at radius 1 is 1.20 bits per heavy atom. The van der Waals surface area contributed by atoms with Crippen molar-refractivity contribution < 1.29 is 4.92 Å². The summed E-state index contributed by atoms with van der Waals surface area (Å²) in [5.41, 5.74) is 9.26. The summed E-state index contributed by atoms with van der Waals surface area (Å²) in [7, 11) is 0. The molecule has 0 spiro atoms. The van der Waals surface area contributed by atoms with Crippen molar-refractivity contribution in [3.8, 4) is 0 Å². The van der Waals surface area contributed by atoms with Crippen LogP contribution < -0.4 is 5.73 Å². The molecule has 0 aliphatic heterocycles. The minimum absolute atomic E-state index is 0.0148. The van der Waals surface area contributed by atoms with Crippen molar-refractivity contribution in [2.24, 2.45) is 0 Å². The molecule has 0 aromatic heterocycles. The van der Waals surface area contributed by atoms with Gasteiger partial charge in [0.05, 0.1) is 4.92 Å². The van der Waals surface area contributed by atoms with E-state index in [9.17, 15) is 10.1 Å². The summed E-state index contributed by atoms with van der Waals surface area (Å²) in [6.07, 6.45) is 0. The Morgan fingerprint density at radius 3 is 2.65 bits per heavy atom. The third-order valence-corrected chi connectivity index (χ3v) is 4.13. The van der Waals surface area contributed by atoms with E-state index in [0.29, 0.717) is 0 Å². The lowest BCUT2D eigenvalue weighted by Gasteiger charge is -2.06. The van der Waals surface area contributed by atoms with Crippen molar-refractivity contribution in [1.82, 2.24) is 0 Å². The van der Waals surface area contributed by atoms with Crippen LogP contribution >= 0.6 is 11.8 Å². The lowest BCUT2D eigenvalue weighted by atomic mass is 10.1. The number of hydrogen-bond acceptors (Lipinski definition) is 4. The molecule has 0 atom stereocenters. The maximum atomic E-state index is 10.8. The SMILES string of the molecule is Cc1ccccc1CSCc1ccc(N)c([N+](=O)[O-])c1. The number of thioether (sulfide) groups is 1. The third kappa shape index (κ3) is 3.51. The van der Waals surface area contributed by atoms with Gasteiger partial charge < -0.3 is 5.73 Å². The van der Waals surface area contributed by atoms with Crippen LogP contribution in [-0.4, -0.2) is 4.92 Å². The first-order chi connectivity index (χ1) is 9.58. The molecule has 0 aliphatic carbocycles. The van der Waals surface area contributed by atoms with Crippen LogP contribution in [0.15, 0.2) is 42.5 Å². The first-order valence-electron chi connectivity index (χ1n) is 6.23. The maximum absolute atomic E-state index is 10.8. The van der Waals surface area contributed by atoms with E-state index in [2.05, 4.69) is 19.1 Å².